The lowest BCUT2D eigenvalue weighted by molar-refractivity contribution is -0.133. The van der Waals surface area contributed by atoms with Gasteiger partial charge in [0.15, 0.2) is 5.16 Å². The molecule has 0 saturated heterocycles. The first-order valence-electron chi connectivity index (χ1n) is 5.63. The van der Waals surface area contributed by atoms with E-state index in [1.165, 1.54) is 0 Å². The van der Waals surface area contributed by atoms with Crippen LogP contribution in [0.2, 0.25) is 0 Å². The first-order chi connectivity index (χ1) is 8.45. The van der Waals surface area contributed by atoms with Crippen LogP contribution in [0.3, 0.4) is 0 Å². The number of nitrogens with zero attached hydrogens (tertiary/aromatic N) is 2. The molecule has 100 valence electrons. The minimum Gasteiger partial charge on any atom is -0.481 e. The van der Waals surface area contributed by atoms with Crippen molar-refractivity contribution in [2.45, 2.75) is 32.0 Å². The van der Waals surface area contributed by atoms with Crippen molar-refractivity contribution in [1.29, 1.82) is 0 Å². The van der Waals surface area contributed by atoms with E-state index in [1.807, 2.05) is 13.8 Å². The molecule has 1 amide bonds. The number of rotatable bonds is 6. The molecule has 7 heteroatoms. The number of amides is 1. The van der Waals surface area contributed by atoms with Gasteiger partial charge in [-0.15, -0.1) is 0 Å². The maximum absolute atomic E-state index is 11.8. The van der Waals surface area contributed by atoms with Crippen LogP contribution in [0.15, 0.2) is 11.4 Å². The number of carbonyl (C=O) groups excluding carboxylic acids is 1. The molecule has 0 fully saturated rings. The van der Waals surface area contributed by atoms with Crippen molar-refractivity contribution >= 4 is 23.6 Å². The van der Waals surface area contributed by atoms with Crippen molar-refractivity contribution < 1.29 is 14.7 Å². The molecule has 0 aliphatic heterocycles. The summed E-state index contributed by atoms with van der Waals surface area (Å²) in [5.74, 6) is -1.08. The van der Waals surface area contributed by atoms with E-state index in [1.54, 1.807) is 17.7 Å². The largest absolute Gasteiger partial charge is 0.481 e. The Labute approximate surface area is 110 Å². The molecule has 1 aromatic heterocycles. The maximum Gasteiger partial charge on any atom is 0.313 e. The maximum atomic E-state index is 11.8. The molecule has 0 saturated carbocycles. The minimum absolute atomic E-state index is 0.0709. The third-order valence-corrected chi connectivity index (χ3v) is 3.24. The summed E-state index contributed by atoms with van der Waals surface area (Å²) in [6, 6.07) is -0.401. The molecule has 0 spiro atoms. The van der Waals surface area contributed by atoms with Gasteiger partial charge in [0.1, 0.15) is 6.04 Å². The van der Waals surface area contributed by atoms with Crippen molar-refractivity contribution in [3.63, 3.8) is 0 Å². The van der Waals surface area contributed by atoms with E-state index in [9.17, 15) is 9.59 Å². The zero-order chi connectivity index (χ0) is 13.7. The average Bonchev–Trinajstić information content (AvgIpc) is 2.67. The summed E-state index contributed by atoms with van der Waals surface area (Å²) in [7, 11) is 0. The van der Waals surface area contributed by atoms with Crippen LogP contribution < -0.4 is 5.32 Å². The topological polar surface area (TPSA) is 84.2 Å². The number of likely N-dealkylation sites (N-methyl/N-ethyl adjacent to an activating group) is 1. The van der Waals surface area contributed by atoms with Crippen molar-refractivity contribution in [1.82, 2.24) is 14.9 Å². The Bertz CT molecular complexity index is 445. The molecule has 1 heterocycles. The fourth-order valence-electron chi connectivity index (χ4n) is 1.45. The fraction of sp³-hybridized carbons (Fsp3) is 0.545. The Kier molecular flexibility index (Phi) is 5.21. The third kappa shape index (κ3) is 3.76. The minimum atomic E-state index is -0.905. The second-order valence-electron chi connectivity index (χ2n) is 3.83. The van der Waals surface area contributed by atoms with Crippen LogP contribution in [0.5, 0.6) is 0 Å². The lowest BCUT2D eigenvalue weighted by atomic mass is 10.3. The molecule has 1 aromatic rings. The first kappa shape index (κ1) is 14.6. The van der Waals surface area contributed by atoms with Gasteiger partial charge in [-0.2, -0.15) is 0 Å². The van der Waals surface area contributed by atoms with Gasteiger partial charge in [-0.25, -0.2) is 4.98 Å². The zero-order valence-electron chi connectivity index (χ0n) is 10.6. The number of carbonyl (C=O) groups is 2. The molecule has 0 aliphatic carbocycles. The Hall–Kier alpha value is -1.50. The predicted molar refractivity (Wildman–Crippen MR) is 68.7 cm³/mol. The summed E-state index contributed by atoms with van der Waals surface area (Å²) in [5.41, 5.74) is 0.763. The van der Waals surface area contributed by atoms with E-state index in [0.717, 1.165) is 17.5 Å². The smallest absolute Gasteiger partial charge is 0.313 e. The number of carboxylic acid groups (broad SMARTS) is 1. The van der Waals surface area contributed by atoms with Gasteiger partial charge in [0.2, 0.25) is 5.91 Å². The number of aromatic nitrogens is 2. The van der Waals surface area contributed by atoms with Crippen LogP contribution in [0, 0.1) is 6.92 Å². The number of imidazole rings is 1. The van der Waals surface area contributed by atoms with Crippen LogP contribution in [0.4, 0.5) is 0 Å². The van der Waals surface area contributed by atoms with Crippen LogP contribution in [0.1, 0.15) is 25.6 Å². The van der Waals surface area contributed by atoms with E-state index >= 15 is 0 Å². The second kappa shape index (κ2) is 6.44. The van der Waals surface area contributed by atoms with Crippen molar-refractivity contribution in [2.75, 3.05) is 12.3 Å². The molecule has 6 nitrogen and oxygen atoms in total. The van der Waals surface area contributed by atoms with Gasteiger partial charge in [0.25, 0.3) is 0 Å². The summed E-state index contributed by atoms with van der Waals surface area (Å²) < 4.78 is 1.70. The van der Waals surface area contributed by atoms with Gasteiger partial charge in [-0.05, 0) is 20.8 Å². The van der Waals surface area contributed by atoms with E-state index in [2.05, 4.69) is 10.3 Å². The van der Waals surface area contributed by atoms with Gasteiger partial charge < -0.3 is 15.0 Å². The summed E-state index contributed by atoms with van der Waals surface area (Å²) >= 11 is 1.11. The molecule has 1 rings (SSSR count). The van der Waals surface area contributed by atoms with Gasteiger partial charge in [0, 0.05) is 12.7 Å². The highest BCUT2D eigenvalue weighted by atomic mass is 32.2. The molecule has 0 aliphatic rings. The molecule has 18 heavy (non-hydrogen) atoms. The Morgan fingerprint density at radius 3 is 2.83 bits per heavy atom. The number of nitrogens with one attached hydrogen (secondary N) is 1. The normalized spacial score (nSPS) is 12.2. The zero-order valence-corrected chi connectivity index (χ0v) is 11.5. The standard InChI is InChI=1S/C11H17N3O3S/c1-4-12-10(17)8(3)14-5-7(2)13-11(14)18-6-9(15)16/h5,8H,4,6H2,1-3H3,(H,12,17)(H,15,16). The van der Waals surface area contributed by atoms with Gasteiger partial charge in [-0.3, -0.25) is 9.59 Å². The number of hydrogen-bond donors (Lipinski definition) is 2. The number of aryl methyl sites for hydroxylation is 1. The van der Waals surface area contributed by atoms with E-state index in [-0.39, 0.29) is 11.7 Å². The Morgan fingerprint density at radius 1 is 1.61 bits per heavy atom. The van der Waals surface area contributed by atoms with Crippen LogP contribution >= 0.6 is 11.8 Å². The monoisotopic (exact) mass is 271 g/mol. The Balaban J connectivity index is 2.86. The van der Waals surface area contributed by atoms with Gasteiger partial charge >= 0.3 is 5.97 Å². The van der Waals surface area contributed by atoms with Crippen molar-refractivity contribution in [3.8, 4) is 0 Å². The summed E-state index contributed by atoms with van der Waals surface area (Å²) in [4.78, 5) is 26.5. The highest BCUT2D eigenvalue weighted by Gasteiger charge is 2.19. The first-order valence-corrected chi connectivity index (χ1v) is 6.62. The molecule has 0 aromatic carbocycles. The molecule has 0 bridgehead atoms. The average molecular weight is 271 g/mol. The summed E-state index contributed by atoms with van der Waals surface area (Å²) in [6.45, 7) is 5.99. The number of hydrogen-bond acceptors (Lipinski definition) is 4. The SMILES string of the molecule is CCNC(=O)C(C)n1cc(C)nc1SCC(=O)O. The van der Waals surface area contributed by atoms with Gasteiger partial charge in [0.05, 0.1) is 11.4 Å². The second-order valence-corrected chi connectivity index (χ2v) is 4.77. The molecule has 1 unspecified atom stereocenters. The van der Waals surface area contributed by atoms with Crippen LogP contribution in [-0.4, -0.2) is 38.8 Å². The molecular weight excluding hydrogens is 254 g/mol. The fourth-order valence-corrected chi connectivity index (χ4v) is 2.27. The number of carboxylic acids is 1. The highest BCUT2D eigenvalue weighted by molar-refractivity contribution is 7.99. The van der Waals surface area contributed by atoms with Crippen molar-refractivity contribution in [3.05, 3.63) is 11.9 Å². The molecule has 0 radical (unpaired) electrons. The van der Waals surface area contributed by atoms with Gasteiger partial charge in [-0.1, -0.05) is 11.8 Å². The van der Waals surface area contributed by atoms with Crippen LogP contribution in [0.25, 0.3) is 0 Å². The number of aliphatic carboxylic acids is 1. The lowest BCUT2D eigenvalue weighted by Gasteiger charge is -2.14. The molecular formula is C11H17N3O3S. The van der Waals surface area contributed by atoms with Crippen LogP contribution in [-0.2, 0) is 9.59 Å². The predicted octanol–water partition coefficient (Wildman–Crippen LogP) is 1.07. The van der Waals surface area contributed by atoms with E-state index in [0.29, 0.717) is 11.7 Å². The highest BCUT2D eigenvalue weighted by Crippen LogP contribution is 2.21. The Morgan fingerprint density at radius 2 is 2.28 bits per heavy atom. The van der Waals surface area contributed by atoms with E-state index < -0.39 is 12.0 Å². The quantitative estimate of drug-likeness (QED) is 0.756. The lowest BCUT2D eigenvalue weighted by Crippen LogP contribution is -2.30. The third-order valence-electron chi connectivity index (χ3n) is 2.29. The number of thioether (sulfide) groups is 1. The summed E-state index contributed by atoms with van der Waals surface area (Å²) in [6.07, 6.45) is 1.75. The molecule has 1 atom stereocenters. The molecule has 2 N–H and O–H groups in total. The summed E-state index contributed by atoms with van der Waals surface area (Å²) in [5, 5.41) is 11.9. The van der Waals surface area contributed by atoms with Crippen molar-refractivity contribution in [2.24, 2.45) is 0 Å². The van der Waals surface area contributed by atoms with E-state index in [4.69, 9.17) is 5.11 Å².